The van der Waals surface area contributed by atoms with Gasteiger partial charge in [-0.1, -0.05) is 25.4 Å². The maximum Gasteiger partial charge on any atom is 0.416 e. The van der Waals surface area contributed by atoms with E-state index < -0.39 is 17.6 Å². The van der Waals surface area contributed by atoms with Crippen LogP contribution < -0.4 is 10.2 Å². The first kappa shape index (κ1) is 21.3. The Balaban J connectivity index is 2.91. The SMILES string of the molecule is CCC(CC)C(=O)NCCN(C(C)=O)c1cc(C(F)(F)F)ccc1Cl. The predicted octanol–water partition coefficient (Wildman–Crippen LogP) is 4.26. The number of benzene rings is 1. The number of carbonyl (C=O) groups excluding carboxylic acids is 2. The summed E-state index contributed by atoms with van der Waals surface area (Å²) in [6.07, 6.45) is -3.15. The summed E-state index contributed by atoms with van der Waals surface area (Å²) in [7, 11) is 0. The number of halogens is 4. The molecule has 0 saturated carbocycles. The number of hydrogen-bond donors (Lipinski definition) is 1. The monoisotopic (exact) mass is 378 g/mol. The van der Waals surface area contributed by atoms with Gasteiger partial charge < -0.3 is 10.2 Å². The zero-order chi connectivity index (χ0) is 19.2. The fourth-order valence-electron chi connectivity index (χ4n) is 2.44. The number of anilines is 1. The van der Waals surface area contributed by atoms with Crippen molar-refractivity contribution >= 4 is 29.1 Å². The Kier molecular flexibility index (Phi) is 7.73. The summed E-state index contributed by atoms with van der Waals surface area (Å²) in [4.78, 5) is 24.9. The smallest absolute Gasteiger partial charge is 0.354 e. The molecule has 25 heavy (non-hydrogen) atoms. The standard InChI is InChI=1S/C17H22ClF3N2O2/c1-4-12(5-2)16(25)22-8-9-23(11(3)24)15-10-13(17(19,20)21)6-7-14(15)18/h6-7,10,12H,4-5,8-9H2,1-3H3,(H,22,25). The average molecular weight is 379 g/mol. The molecule has 1 aromatic rings. The normalized spacial score (nSPS) is 11.5. The summed E-state index contributed by atoms with van der Waals surface area (Å²) < 4.78 is 38.7. The van der Waals surface area contributed by atoms with Gasteiger partial charge in [0.25, 0.3) is 0 Å². The second kappa shape index (κ2) is 9.08. The highest BCUT2D eigenvalue weighted by Crippen LogP contribution is 2.35. The van der Waals surface area contributed by atoms with Gasteiger partial charge in [-0.25, -0.2) is 0 Å². The van der Waals surface area contributed by atoms with Crippen LogP contribution in [-0.2, 0) is 15.8 Å². The quantitative estimate of drug-likeness (QED) is 0.770. The molecule has 8 heteroatoms. The van der Waals surface area contributed by atoms with E-state index in [1.165, 1.54) is 6.92 Å². The lowest BCUT2D eigenvalue weighted by atomic mass is 10.0. The molecule has 0 aliphatic carbocycles. The molecule has 0 spiro atoms. The summed E-state index contributed by atoms with van der Waals surface area (Å²) in [5, 5.41) is 2.74. The van der Waals surface area contributed by atoms with Gasteiger partial charge in [-0.3, -0.25) is 9.59 Å². The molecule has 0 atom stereocenters. The Morgan fingerprint density at radius 3 is 2.32 bits per heavy atom. The molecule has 0 aliphatic rings. The lowest BCUT2D eigenvalue weighted by Crippen LogP contribution is -2.39. The number of rotatable bonds is 7. The third kappa shape index (κ3) is 5.92. The van der Waals surface area contributed by atoms with E-state index in [1.807, 2.05) is 13.8 Å². The van der Waals surface area contributed by atoms with Gasteiger partial charge in [0.1, 0.15) is 0 Å². The lowest BCUT2D eigenvalue weighted by molar-refractivity contribution is -0.137. The molecule has 0 heterocycles. The van der Waals surface area contributed by atoms with E-state index >= 15 is 0 Å². The molecule has 0 aliphatic heterocycles. The van der Waals surface area contributed by atoms with Gasteiger partial charge in [0.2, 0.25) is 11.8 Å². The minimum absolute atomic E-state index is 0.0271. The van der Waals surface area contributed by atoms with Crippen molar-refractivity contribution in [1.82, 2.24) is 5.32 Å². The van der Waals surface area contributed by atoms with Gasteiger partial charge in [-0.05, 0) is 31.0 Å². The Morgan fingerprint density at radius 1 is 1.24 bits per heavy atom. The molecule has 1 aromatic carbocycles. The summed E-state index contributed by atoms with van der Waals surface area (Å²) in [6, 6.07) is 2.81. The molecular formula is C17H22ClF3N2O2. The molecule has 1 rings (SSSR count). The number of alkyl halides is 3. The van der Waals surface area contributed by atoms with Crippen molar-refractivity contribution in [1.29, 1.82) is 0 Å². The molecule has 0 unspecified atom stereocenters. The van der Waals surface area contributed by atoms with E-state index in [4.69, 9.17) is 11.6 Å². The zero-order valence-corrected chi connectivity index (χ0v) is 15.2. The van der Waals surface area contributed by atoms with Crippen LogP contribution in [0.1, 0.15) is 39.2 Å². The molecule has 0 radical (unpaired) electrons. The summed E-state index contributed by atoms with van der Waals surface area (Å²) in [5.41, 5.74) is -0.917. The van der Waals surface area contributed by atoms with Crippen LogP contribution in [0.2, 0.25) is 5.02 Å². The van der Waals surface area contributed by atoms with Gasteiger partial charge in [0, 0.05) is 25.9 Å². The van der Waals surface area contributed by atoms with E-state index in [1.54, 1.807) is 0 Å². The van der Waals surface area contributed by atoms with Crippen LogP contribution >= 0.6 is 11.6 Å². The number of nitrogens with zero attached hydrogens (tertiary/aromatic N) is 1. The third-order valence-corrected chi connectivity index (χ3v) is 4.26. The lowest BCUT2D eigenvalue weighted by Gasteiger charge is -2.24. The number of hydrogen-bond acceptors (Lipinski definition) is 2. The molecule has 0 aromatic heterocycles. The van der Waals surface area contributed by atoms with Gasteiger partial charge in [-0.15, -0.1) is 0 Å². The van der Waals surface area contributed by atoms with Crippen LogP contribution in [-0.4, -0.2) is 24.9 Å². The molecule has 1 N–H and O–H groups in total. The van der Waals surface area contributed by atoms with Crippen molar-refractivity contribution in [3.8, 4) is 0 Å². The second-order valence-corrected chi connectivity index (χ2v) is 6.05. The van der Waals surface area contributed by atoms with Crippen LogP contribution in [0, 0.1) is 5.92 Å². The number of carbonyl (C=O) groups is 2. The maximum atomic E-state index is 12.9. The summed E-state index contributed by atoms with van der Waals surface area (Å²) in [6.45, 7) is 5.19. The topological polar surface area (TPSA) is 49.4 Å². The molecule has 0 saturated heterocycles. The van der Waals surface area contributed by atoms with Crippen LogP contribution in [0.4, 0.5) is 18.9 Å². The molecule has 140 valence electrons. The van der Waals surface area contributed by atoms with Crippen LogP contribution in [0.15, 0.2) is 18.2 Å². The minimum atomic E-state index is -4.54. The molecule has 2 amide bonds. The van der Waals surface area contributed by atoms with E-state index in [9.17, 15) is 22.8 Å². The molecule has 0 bridgehead atoms. The van der Waals surface area contributed by atoms with Crippen molar-refractivity contribution in [3.05, 3.63) is 28.8 Å². The van der Waals surface area contributed by atoms with Crippen LogP contribution in [0.25, 0.3) is 0 Å². The maximum absolute atomic E-state index is 12.9. The minimum Gasteiger partial charge on any atom is -0.354 e. The van der Waals surface area contributed by atoms with E-state index in [0.717, 1.165) is 23.1 Å². The van der Waals surface area contributed by atoms with Crippen LogP contribution in [0.5, 0.6) is 0 Å². The summed E-state index contributed by atoms with van der Waals surface area (Å²) in [5.74, 6) is -0.718. The Morgan fingerprint density at radius 2 is 1.84 bits per heavy atom. The first-order chi connectivity index (χ1) is 11.6. The highest BCUT2D eigenvalue weighted by molar-refractivity contribution is 6.33. The van der Waals surface area contributed by atoms with Gasteiger partial charge in [0.15, 0.2) is 0 Å². The fraction of sp³-hybridized carbons (Fsp3) is 0.529. The number of amides is 2. The van der Waals surface area contributed by atoms with Crippen molar-refractivity contribution in [2.75, 3.05) is 18.0 Å². The Labute approximate surface area is 150 Å². The molecular weight excluding hydrogens is 357 g/mol. The predicted molar refractivity (Wildman–Crippen MR) is 91.6 cm³/mol. The van der Waals surface area contributed by atoms with Crippen LogP contribution in [0.3, 0.4) is 0 Å². The fourth-order valence-corrected chi connectivity index (χ4v) is 2.66. The van der Waals surface area contributed by atoms with Crippen molar-refractivity contribution in [3.63, 3.8) is 0 Å². The van der Waals surface area contributed by atoms with E-state index in [0.29, 0.717) is 12.8 Å². The van der Waals surface area contributed by atoms with Gasteiger partial charge in [-0.2, -0.15) is 13.2 Å². The van der Waals surface area contributed by atoms with E-state index in [2.05, 4.69) is 5.32 Å². The first-order valence-electron chi connectivity index (χ1n) is 8.04. The van der Waals surface area contributed by atoms with Crippen molar-refractivity contribution in [2.45, 2.75) is 39.8 Å². The Bertz CT molecular complexity index is 616. The third-order valence-electron chi connectivity index (χ3n) is 3.94. The van der Waals surface area contributed by atoms with Crippen molar-refractivity contribution in [2.24, 2.45) is 5.92 Å². The highest BCUT2D eigenvalue weighted by Gasteiger charge is 2.32. The largest absolute Gasteiger partial charge is 0.416 e. The molecule has 4 nitrogen and oxygen atoms in total. The van der Waals surface area contributed by atoms with Crippen molar-refractivity contribution < 1.29 is 22.8 Å². The average Bonchev–Trinajstić information content (AvgIpc) is 2.52. The van der Waals surface area contributed by atoms with E-state index in [-0.39, 0.29) is 35.6 Å². The highest BCUT2D eigenvalue weighted by atomic mass is 35.5. The number of nitrogens with one attached hydrogen (secondary N) is 1. The molecule has 0 fully saturated rings. The second-order valence-electron chi connectivity index (χ2n) is 5.64. The summed E-state index contributed by atoms with van der Waals surface area (Å²) >= 11 is 5.97. The zero-order valence-electron chi connectivity index (χ0n) is 14.4. The Hall–Kier alpha value is -1.76. The first-order valence-corrected chi connectivity index (χ1v) is 8.42. The van der Waals surface area contributed by atoms with Gasteiger partial charge >= 0.3 is 6.18 Å². The van der Waals surface area contributed by atoms with Gasteiger partial charge in [0.05, 0.1) is 16.3 Å².